The maximum atomic E-state index is 6.59. The van der Waals surface area contributed by atoms with Gasteiger partial charge in [0, 0.05) is 27.3 Å². The number of para-hydroxylation sites is 2. The van der Waals surface area contributed by atoms with E-state index in [9.17, 15) is 0 Å². The molecule has 1 heterocycles. The summed E-state index contributed by atoms with van der Waals surface area (Å²) in [7, 11) is 0. The Labute approximate surface area is 302 Å². The van der Waals surface area contributed by atoms with Gasteiger partial charge in [0.15, 0.2) is 0 Å². The maximum absolute atomic E-state index is 6.59. The summed E-state index contributed by atoms with van der Waals surface area (Å²) in [6, 6.07) is 62.3. The van der Waals surface area contributed by atoms with Gasteiger partial charge in [-0.15, -0.1) is 0 Å². The summed E-state index contributed by atoms with van der Waals surface area (Å²) in [5.41, 5.74) is 14.6. The minimum absolute atomic E-state index is 0.116. The molecule has 244 valence electrons. The summed E-state index contributed by atoms with van der Waals surface area (Å²) < 4.78 is 6.59. The zero-order chi connectivity index (χ0) is 34.6. The van der Waals surface area contributed by atoms with Gasteiger partial charge in [-0.05, 0) is 95.0 Å². The van der Waals surface area contributed by atoms with Gasteiger partial charge < -0.3 is 4.42 Å². The van der Waals surface area contributed by atoms with Gasteiger partial charge in [0.2, 0.25) is 0 Å². The summed E-state index contributed by atoms with van der Waals surface area (Å²) in [5.74, 6) is 0. The molecule has 11 rings (SSSR count). The molecule has 0 N–H and O–H groups in total. The Morgan fingerprint density at radius 2 is 0.904 bits per heavy atom. The standard InChI is InChI=1S/C51H34O/c1-51(2)45-30-34-14-4-3-13-33(34)29-44(45)41-21-11-20-35(49(41)51)31-25-27-32(28-26-31)47-37-16-5-7-18-39(37)48(40-19-8-6-17-38(40)47)43-23-12-22-42-36-15-9-10-24-46(36)52-50(42)43/h3-30H,1-2H3. The van der Waals surface area contributed by atoms with Crippen molar-refractivity contribution in [3.63, 3.8) is 0 Å². The van der Waals surface area contributed by atoms with Gasteiger partial charge in [-0.3, -0.25) is 0 Å². The van der Waals surface area contributed by atoms with Crippen LogP contribution < -0.4 is 0 Å². The van der Waals surface area contributed by atoms with Crippen LogP contribution in [0, 0.1) is 0 Å². The molecular formula is C51H34O. The molecule has 10 aromatic rings. The van der Waals surface area contributed by atoms with E-state index in [0.717, 1.165) is 27.5 Å². The third kappa shape index (κ3) is 4.05. The maximum Gasteiger partial charge on any atom is 0.143 e. The molecule has 0 amide bonds. The molecule has 0 saturated carbocycles. The first-order valence-corrected chi connectivity index (χ1v) is 18.2. The SMILES string of the molecule is CC1(C)c2cc3ccccc3cc2-c2cccc(-c3ccc(-c4c5ccccc5c(-c5cccc6c5oc5ccccc56)c5ccccc45)cc3)c21. The van der Waals surface area contributed by atoms with Crippen LogP contribution in [0.3, 0.4) is 0 Å². The molecule has 0 bridgehead atoms. The lowest BCUT2D eigenvalue weighted by Gasteiger charge is -2.25. The fourth-order valence-electron chi connectivity index (χ4n) is 9.30. The molecule has 1 nitrogen and oxygen atoms in total. The highest BCUT2D eigenvalue weighted by Gasteiger charge is 2.37. The zero-order valence-electron chi connectivity index (χ0n) is 29.1. The minimum Gasteiger partial charge on any atom is -0.455 e. The Hall–Kier alpha value is -6.44. The zero-order valence-corrected chi connectivity index (χ0v) is 29.1. The number of hydrogen-bond acceptors (Lipinski definition) is 1. The van der Waals surface area contributed by atoms with Crippen LogP contribution in [0.4, 0.5) is 0 Å². The quantitative estimate of drug-likeness (QED) is 0.172. The van der Waals surface area contributed by atoms with Crippen LogP contribution >= 0.6 is 0 Å². The summed E-state index contributed by atoms with van der Waals surface area (Å²) >= 11 is 0. The average Bonchev–Trinajstić information content (AvgIpc) is 3.68. The second-order valence-electron chi connectivity index (χ2n) is 14.8. The molecule has 9 aromatic carbocycles. The molecule has 0 spiro atoms. The molecule has 0 saturated heterocycles. The van der Waals surface area contributed by atoms with Crippen molar-refractivity contribution in [2.45, 2.75) is 19.3 Å². The predicted octanol–water partition coefficient (Wildman–Crippen LogP) is 14.4. The largest absolute Gasteiger partial charge is 0.455 e. The van der Waals surface area contributed by atoms with Crippen molar-refractivity contribution in [2.75, 3.05) is 0 Å². The van der Waals surface area contributed by atoms with E-state index in [-0.39, 0.29) is 5.41 Å². The van der Waals surface area contributed by atoms with Crippen LogP contribution in [0.15, 0.2) is 174 Å². The molecule has 0 aliphatic heterocycles. The third-order valence-corrected chi connectivity index (χ3v) is 11.6. The van der Waals surface area contributed by atoms with E-state index < -0.39 is 0 Å². The molecule has 1 heteroatoms. The smallest absolute Gasteiger partial charge is 0.143 e. The Morgan fingerprint density at radius 1 is 0.385 bits per heavy atom. The monoisotopic (exact) mass is 662 g/mol. The number of furan rings is 1. The van der Waals surface area contributed by atoms with Gasteiger partial charge in [-0.1, -0.05) is 166 Å². The van der Waals surface area contributed by atoms with Gasteiger partial charge in [-0.2, -0.15) is 0 Å². The van der Waals surface area contributed by atoms with Gasteiger partial charge >= 0.3 is 0 Å². The van der Waals surface area contributed by atoms with Crippen LogP contribution in [0.5, 0.6) is 0 Å². The summed E-state index contributed by atoms with van der Waals surface area (Å²) in [5, 5.41) is 9.80. The predicted molar refractivity (Wildman–Crippen MR) is 220 cm³/mol. The van der Waals surface area contributed by atoms with Crippen molar-refractivity contribution in [3.8, 4) is 44.5 Å². The topological polar surface area (TPSA) is 13.1 Å². The highest BCUT2D eigenvalue weighted by Crippen LogP contribution is 2.53. The average molecular weight is 663 g/mol. The van der Waals surface area contributed by atoms with Crippen molar-refractivity contribution < 1.29 is 4.42 Å². The van der Waals surface area contributed by atoms with Gasteiger partial charge in [-0.25, -0.2) is 0 Å². The van der Waals surface area contributed by atoms with Crippen LogP contribution in [0.2, 0.25) is 0 Å². The second-order valence-corrected chi connectivity index (χ2v) is 14.8. The van der Waals surface area contributed by atoms with Crippen LogP contribution in [0.1, 0.15) is 25.0 Å². The van der Waals surface area contributed by atoms with Crippen molar-refractivity contribution in [2.24, 2.45) is 0 Å². The highest BCUT2D eigenvalue weighted by atomic mass is 16.3. The second kappa shape index (κ2) is 10.8. The number of benzene rings is 9. The molecular weight excluding hydrogens is 629 g/mol. The van der Waals surface area contributed by atoms with Crippen LogP contribution in [0.25, 0.3) is 98.8 Å². The normalized spacial score (nSPS) is 13.3. The molecule has 0 unspecified atom stereocenters. The number of rotatable bonds is 3. The lowest BCUT2D eigenvalue weighted by molar-refractivity contribution is 0.663. The number of hydrogen-bond donors (Lipinski definition) is 0. The molecule has 0 fully saturated rings. The number of fused-ring (bicyclic) bond motifs is 9. The van der Waals surface area contributed by atoms with E-state index in [1.54, 1.807) is 0 Å². The fourth-order valence-corrected chi connectivity index (χ4v) is 9.30. The Morgan fingerprint density at radius 3 is 1.62 bits per heavy atom. The highest BCUT2D eigenvalue weighted by molar-refractivity contribution is 6.24. The molecule has 0 radical (unpaired) electrons. The van der Waals surface area contributed by atoms with Crippen molar-refractivity contribution in [1.29, 1.82) is 0 Å². The van der Waals surface area contributed by atoms with Crippen LogP contribution in [-0.4, -0.2) is 0 Å². The Kier molecular flexibility index (Phi) is 6.08. The van der Waals surface area contributed by atoms with E-state index in [2.05, 4.69) is 178 Å². The molecule has 1 aliphatic rings. The van der Waals surface area contributed by atoms with E-state index in [1.807, 2.05) is 6.07 Å². The summed E-state index contributed by atoms with van der Waals surface area (Å²) in [6.45, 7) is 4.77. The van der Waals surface area contributed by atoms with E-state index in [4.69, 9.17) is 4.42 Å². The van der Waals surface area contributed by atoms with Gasteiger partial charge in [0.1, 0.15) is 11.2 Å². The molecule has 1 aliphatic carbocycles. The first-order valence-electron chi connectivity index (χ1n) is 18.2. The molecule has 0 atom stereocenters. The van der Waals surface area contributed by atoms with Crippen molar-refractivity contribution in [1.82, 2.24) is 0 Å². The Bertz CT molecular complexity index is 3030. The summed E-state index contributed by atoms with van der Waals surface area (Å²) in [4.78, 5) is 0. The van der Waals surface area contributed by atoms with E-state index in [0.29, 0.717) is 0 Å². The van der Waals surface area contributed by atoms with Crippen LogP contribution in [-0.2, 0) is 5.41 Å². The lowest BCUT2D eigenvalue weighted by atomic mass is 9.78. The van der Waals surface area contributed by atoms with E-state index >= 15 is 0 Å². The first kappa shape index (κ1) is 29.3. The first-order chi connectivity index (χ1) is 25.6. The molecule has 1 aromatic heterocycles. The summed E-state index contributed by atoms with van der Waals surface area (Å²) in [6.07, 6.45) is 0. The lowest BCUT2D eigenvalue weighted by Crippen LogP contribution is -2.16. The van der Waals surface area contributed by atoms with Gasteiger partial charge in [0.25, 0.3) is 0 Å². The Balaban J connectivity index is 1.09. The van der Waals surface area contributed by atoms with Crippen molar-refractivity contribution in [3.05, 3.63) is 181 Å². The fraction of sp³-hybridized carbons (Fsp3) is 0.0588. The third-order valence-electron chi connectivity index (χ3n) is 11.6. The van der Waals surface area contributed by atoms with E-state index in [1.165, 1.54) is 82.4 Å². The molecule has 52 heavy (non-hydrogen) atoms. The van der Waals surface area contributed by atoms with Crippen molar-refractivity contribution >= 4 is 54.3 Å². The minimum atomic E-state index is -0.116. The van der Waals surface area contributed by atoms with Gasteiger partial charge in [0.05, 0.1) is 0 Å².